The first-order chi connectivity index (χ1) is 8.10. The SMILES string of the molecule is COc1cccc(NCC(C)CO)c1[N+](=O)[O-]. The highest BCUT2D eigenvalue weighted by molar-refractivity contribution is 5.68. The molecule has 1 aromatic rings. The number of rotatable bonds is 6. The maximum absolute atomic E-state index is 11.0. The van der Waals surface area contributed by atoms with E-state index in [1.807, 2.05) is 6.92 Å². The molecule has 0 aliphatic carbocycles. The average molecular weight is 240 g/mol. The molecule has 17 heavy (non-hydrogen) atoms. The van der Waals surface area contributed by atoms with Crippen LogP contribution in [0.3, 0.4) is 0 Å². The Morgan fingerprint density at radius 1 is 1.59 bits per heavy atom. The van der Waals surface area contributed by atoms with Gasteiger partial charge in [-0.25, -0.2) is 0 Å². The van der Waals surface area contributed by atoms with Crippen LogP contribution >= 0.6 is 0 Å². The van der Waals surface area contributed by atoms with Gasteiger partial charge in [0.25, 0.3) is 0 Å². The maximum Gasteiger partial charge on any atom is 0.333 e. The molecule has 1 atom stereocenters. The number of ether oxygens (including phenoxy) is 1. The fourth-order valence-electron chi connectivity index (χ4n) is 1.37. The molecule has 1 rings (SSSR count). The third-order valence-corrected chi connectivity index (χ3v) is 2.35. The van der Waals surface area contributed by atoms with E-state index in [-0.39, 0.29) is 24.0 Å². The summed E-state index contributed by atoms with van der Waals surface area (Å²) in [6.07, 6.45) is 0. The second-order valence-corrected chi connectivity index (χ2v) is 3.78. The minimum atomic E-state index is -0.481. The molecular formula is C11H16N2O4. The van der Waals surface area contributed by atoms with Gasteiger partial charge in [0, 0.05) is 13.2 Å². The maximum atomic E-state index is 11.0. The van der Waals surface area contributed by atoms with Crippen molar-refractivity contribution in [3.05, 3.63) is 28.3 Å². The molecule has 6 heteroatoms. The largest absolute Gasteiger partial charge is 0.490 e. The van der Waals surface area contributed by atoms with Crippen LogP contribution in [0, 0.1) is 16.0 Å². The molecule has 6 nitrogen and oxygen atoms in total. The van der Waals surface area contributed by atoms with Crippen molar-refractivity contribution in [1.29, 1.82) is 0 Å². The van der Waals surface area contributed by atoms with Gasteiger partial charge in [-0.2, -0.15) is 0 Å². The van der Waals surface area contributed by atoms with Crippen LogP contribution in [0.4, 0.5) is 11.4 Å². The number of nitrogens with one attached hydrogen (secondary N) is 1. The van der Waals surface area contributed by atoms with Crippen LogP contribution in [0.15, 0.2) is 18.2 Å². The highest BCUT2D eigenvalue weighted by Gasteiger charge is 2.20. The van der Waals surface area contributed by atoms with Gasteiger partial charge in [-0.05, 0) is 18.1 Å². The average Bonchev–Trinajstić information content (AvgIpc) is 2.34. The summed E-state index contributed by atoms with van der Waals surface area (Å²) < 4.78 is 4.95. The van der Waals surface area contributed by atoms with E-state index in [4.69, 9.17) is 9.84 Å². The van der Waals surface area contributed by atoms with Crippen LogP contribution in [-0.4, -0.2) is 30.3 Å². The number of benzene rings is 1. The van der Waals surface area contributed by atoms with Crippen molar-refractivity contribution < 1.29 is 14.8 Å². The van der Waals surface area contributed by atoms with Crippen molar-refractivity contribution in [2.24, 2.45) is 5.92 Å². The van der Waals surface area contributed by atoms with Gasteiger partial charge in [-0.1, -0.05) is 13.0 Å². The molecule has 0 aromatic heterocycles. The molecular weight excluding hydrogens is 224 g/mol. The van der Waals surface area contributed by atoms with Crippen LogP contribution in [0.2, 0.25) is 0 Å². The lowest BCUT2D eigenvalue weighted by molar-refractivity contribution is -0.384. The number of hydrogen-bond acceptors (Lipinski definition) is 5. The van der Waals surface area contributed by atoms with Gasteiger partial charge in [-0.3, -0.25) is 10.1 Å². The van der Waals surface area contributed by atoms with Crippen molar-refractivity contribution in [2.75, 3.05) is 25.6 Å². The second kappa shape index (κ2) is 6.05. The number of nitro groups is 1. The molecule has 0 spiro atoms. The predicted octanol–water partition coefficient (Wildman–Crippen LogP) is 1.64. The molecule has 0 aliphatic rings. The van der Waals surface area contributed by atoms with Crippen molar-refractivity contribution in [3.8, 4) is 5.75 Å². The quantitative estimate of drug-likeness (QED) is 0.583. The summed E-state index contributed by atoms with van der Waals surface area (Å²) in [5.41, 5.74) is 0.315. The van der Waals surface area contributed by atoms with Crippen LogP contribution in [-0.2, 0) is 0 Å². The lowest BCUT2D eigenvalue weighted by Crippen LogP contribution is -2.15. The topological polar surface area (TPSA) is 84.6 Å². The molecule has 0 saturated carbocycles. The first kappa shape index (κ1) is 13.2. The summed E-state index contributed by atoms with van der Waals surface area (Å²) >= 11 is 0. The van der Waals surface area contributed by atoms with E-state index in [0.717, 1.165) is 0 Å². The van der Waals surface area contributed by atoms with Crippen LogP contribution < -0.4 is 10.1 Å². The Bertz CT molecular complexity index is 395. The molecule has 94 valence electrons. The van der Waals surface area contributed by atoms with Crippen molar-refractivity contribution in [3.63, 3.8) is 0 Å². The van der Waals surface area contributed by atoms with Crippen LogP contribution in [0.1, 0.15) is 6.92 Å². The highest BCUT2D eigenvalue weighted by atomic mass is 16.6. The third kappa shape index (κ3) is 3.32. The molecule has 0 fully saturated rings. The molecule has 1 aromatic carbocycles. The smallest absolute Gasteiger partial charge is 0.333 e. The zero-order valence-electron chi connectivity index (χ0n) is 9.84. The van der Waals surface area contributed by atoms with Gasteiger partial charge < -0.3 is 15.2 Å². The summed E-state index contributed by atoms with van der Waals surface area (Å²) in [7, 11) is 1.39. The lowest BCUT2D eigenvalue weighted by atomic mass is 10.2. The number of nitrogens with zero attached hydrogens (tertiary/aromatic N) is 1. The van der Waals surface area contributed by atoms with Gasteiger partial charge >= 0.3 is 5.69 Å². The highest BCUT2D eigenvalue weighted by Crippen LogP contribution is 2.34. The van der Waals surface area contributed by atoms with Gasteiger partial charge in [0.1, 0.15) is 5.69 Å². The Labute approximate surface area is 99.4 Å². The zero-order valence-corrected chi connectivity index (χ0v) is 9.84. The number of anilines is 1. The number of para-hydroxylation sites is 1. The number of aliphatic hydroxyl groups is 1. The van der Waals surface area contributed by atoms with Gasteiger partial charge in [-0.15, -0.1) is 0 Å². The first-order valence-electron chi connectivity index (χ1n) is 5.26. The summed E-state index contributed by atoms with van der Waals surface area (Å²) in [5.74, 6) is 0.248. The summed E-state index contributed by atoms with van der Waals surface area (Å²) in [5, 5.41) is 22.8. The van der Waals surface area contributed by atoms with Gasteiger partial charge in [0.2, 0.25) is 0 Å². The van der Waals surface area contributed by atoms with E-state index < -0.39 is 4.92 Å². The normalized spacial score (nSPS) is 11.9. The van der Waals surface area contributed by atoms with Crippen LogP contribution in [0.5, 0.6) is 5.75 Å². The Morgan fingerprint density at radius 3 is 2.82 bits per heavy atom. The monoisotopic (exact) mass is 240 g/mol. The van der Waals surface area contributed by atoms with E-state index in [2.05, 4.69) is 5.32 Å². The third-order valence-electron chi connectivity index (χ3n) is 2.35. The molecule has 0 radical (unpaired) electrons. The minimum Gasteiger partial charge on any atom is -0.490 e. The van der Waals surface area contributed by atoms with Gasteiger partial charge in [0.05, 0.1) is 12.0 Å². The Kier molecular flexibility index (Phi) is 4.71. The zero-order chi connectivity index (χ0) is 12.8. The molecule has 1 unspecified atom stereocenters. The van der Waals surface area contributed by atoms with Crippen LogP contribution in [0.25, 0.3) is 0 Å². The molecule has 2 N–H and O–H groups in total. The molecule has 0 amide bonds. The number of aliphatic hydroxyl groups excluding tert-OH is 1. The van der Waals surface area contributed by atoms with Crippen molar-refractivity contribution in [1.82, 2.24) is 0 Å². The second-order valence-electron chi connectivity index (χ2n) is 3.78. The van der Waals surface area contributed by atoms with E-state index in [0.29, 0.717) is 12.2 Å². The summed E-state index contributed by atoms with van der Waals surface area (Å²) in [6.45, 7) is 2.34. The van der Waals surface area contributed by atoms with E-state index in [1.54, 1.807) is 18.2 Å². The lowest BCUT2D eigenvalue weighted by Gasteiger charge is -2.12. The summed E-state index contributed by atoms with van der Waals surface area (Å²) in [4.78, 5) is 10.5. The number of nitro benzene ring substituents is 1. The molecule has 0 bridgehead atoms. The van der Waals surface area contributed by atoms with E-state index in [1.165, 1.54) is 7.11 Å². The Morgan fingerprint density at radius 2 is 2.29 bits per heavy atom. The fraction of sp³-hybridized carbons (Fsp3) is 0.455. The number of hydrogen-bond donors (Lipinski definition) is 2. The molecule has 0 aliphatic heterocycles. The van der Waals surface area contributed by atoms with E-state index >= 15 is 0 Å². The minimum absolute atomic E-state index is 0.0285. The molecule has 0 saturated heterocycles. The fourth-order valence-corrected chi connectivity index (χ4v) is 1.37. The first-order valence-corrected chi connectivity index (χ1v) is 5.26. The Hall–Kier alpha value is -1.82. The predicted molar refractivity (Wildman–Crippen MR) is 64.4 cm³/mol. The Balaban J connectivity index is 2.94. The standard InChI is InChI=1S/C11H16N2O4/c1-8(7-14)6-12-9-4-3-5-10(17-2)11(9)13(15)16/h3-5,8,12,14H,6-7H2,1-2H3. The summed E-state index contributed by atoms with van der Waals surface area (Å²) in [6, 6.07) is 4.83. The van der Waals surface area contributed by atoms with Crippen molar-refractivity contribution >= 4 is 11.4 Å². The van der Waals surface area contributed by atoms with Gasteiger partial charge in [0.15, 0.2) is 5.75 Å². The molecule has 0 heterocycles. The van der Waals surface area contributed by atoms with Crippen molar-refractivity contribution in [2.45, 2.75) is 6.92 Å². The number of methoxy groups -OCH3 is 1. The van der Waals surface area contributed by atoms with E-state index in [9.17, 15) is 10.1 Å².